The highest BCUT2D eigenvalue weighted by molar-refractivity contribution is 7.99. The number of ether oxygens (including phenoxy) is 1. The highest BCUT2D eigenvalue weighted by Gasteiger charge is 2.26. The summed E-state index contributed by atoms with van der Waals surface area (Å²) in [4.78, 5) is 0.372. The summed E-state index contributed by atoms with van der Waals surface area (Å²) in [7, 11) is -3.38. The number of rotatable bonds is 3. The van der Waals surface area contributed by atoms with Crippen LogP contribution in [0.4, 0.5) is 0 Å². The summed E-state index contributed by atoms with van der Waals surface area (Å²) >= 11 is 1.93. The Kier molecular flexibility index (Phi) is 4.85. The zero-order valence-corrected chi connectivity index (χ0v) is 13.5. The van der Waals surface area contributed by atoms with Crippen molar-refractivity contribution in [2.45, 2.75) is 10.9 Å². The molecule has 1 unspecified atom stereocenters. The molecule has 0 spiro atoms. The molecule has 2 saturated heterocycles. The lowest BCUT2D eigenvalue weighted by molar-refractivity contribution is 0.0730. The van der Waals surface area contributed by atoms with Crippen LogP contribution in [-0.4, -0.2) is 57.1 Å². The van der Waals surface area contributed by atoms with Gasteiger partial charge in [-0.15, -0.1) is 0 Å². The van der Waals surface area contributed by atoms with Crippen LogP contribution in [0.1, 0.15) is 11.6 Å². The first-order valence-electron chi connectivity index (χ1n) is 7.17. The molecule has 2 aliphatic rings. The van der Waals surface area contributed by atoms with Crippen LogP contribution in [0.5, 0.6) is 0 Å². The van der Waals surface area contributed by atoms with Gasteiger partial charge in [0.1, 0.15) is 0 Å². The third-order valence-electron chi connectivity index (χ3n) is 3.81. The van der Waals surface area contributed by atoms with E-state index in [9.17, 15) is 8.42 Å². The van der Waals surface area contributed by atoms with Gasteiger partial charge in [-0.3, -0.25) is 0 Å². The lowest BCUT2D eigenvalue weighted by atomic mass is 10.1. The third kappa shape index (κ3) is 3.43. The van der Waals surface area contributed by atoms with Gasteiger partial charge in [-0.05, 0) is 17.7 Å². The van der Waals surface area contributed by atoms with Gasteiger partial charge in [0.05, 0.1) is 18.1 Å². The Hall–Kier alpha value is -0.600. The van der Waals surface area contributed by atoms with E-state index in [2.05, 4.69) is 5.32 Å². The van der Waals surface area contributed by atoms with Gasteiger partial charge in [0.15, 0.2) is 0 Å². The van der Waals surface area contributed by atoms with Crippen molar-refractivity contribution in [1.82, 2.24) is 9.62 Å². The zero-order valence-electron chi connectivity index (χ0n) is 11.8. The largest absolute Gasteiger partial charge is 0.379 e. The molecule has 2 aliphatic heterocycles. The Morgan fingerprint density at radius 3 is 2.52 bits per heavy atom. The lowest BCUT2D eigenvalue weighted by Crippen LogP contribution is -2.40. The summed E-state index contributed by atoms with van der Waals surface area (Å²) in [5.74, 6) is 2.18. The molecule has 116 valence electrons. The Morgan fingerprint density at radius 2 is 1.90 bits per heavy atom. The highest BCUT2D eigenvalue weighted by atomic mass is 32.2. The fourth-order valence-electron chi connectivity index (χ4n) is 2.59. The van der Waals surface area contributed by atoms with Crippen molar-refractivity contribution < 1.29 is 13.2 Å². The van der Waals surface area contributed by atoms with Crippen molar-refractivity contribution >= 4 is 21.8 Å². The Morgan fingerprint density at radius 1 is 1.19 bits per heavy atom. The second kappa shape index (κ2) is 6.66. The van der Waals surface area contributed by atoms with Crippen LogP contribution in [0, 0.1) is 0 Å². The molecule has 1 aromatic rings. The Bertz CT molecular complexity index is 562. The second-order valence-electron chi connectivity index (χ2n) is 5.17. The van der Waals surface area contributed by atoms with Crippen LogP contribution < -0.4 is 5.32 Å². The Labute approximate surface area is 130 Å². The van der Waals surface area contributed by atoms with E-state index in [0.717, 1.165) is 23.6 Å². The lowest BCUT2D eigenvalue weighted by Gasteiger charge is -2.26. The maximum absolute atomic E-state index is 12.5. The molecule has 0 radical (unpaired) electrons. The molecule has 0 aromatic heterocycles. The van der Waals surface area contributed by atoms with Crippen LogP contribution in [0.3, 0.4) is 0 Å². The molecular weight excluding hydrogens is 308 g/mol. The minimum atomic E-state index is -3.38. The normalized spacial score (nSPS) is 24.9. The summed E-state index contributed by atoms with van der Waals surface area (Å²) < 4.78 is 31.8. The molecule has 1 N–H and O–H groups in total. The van der Waals surface area contributed by atoms with Crippen LogP contribution >= 0.6 is 11.8 Å². The average Bonchev–Trinajstić information content (AvgIpc) is 2.57. The number of nitrogens with zero attached hydrogens (tertiary/aromatic N) is 1. The van der Waals surface area contributed by atoms with E-state index >= 15 is 0 Å². The number of benzene rings is 1. The molecule has 2 heterocycles. The second-order valence-corrected chi connectivity index (χ2v) is 8.25. The van der Waals surface area contributed by atoms with Crippen molar-refractivity contribution in [3.8, 4) is 0 Å². The standard InChI is InChI=1S/C14H20N2O3S2/c17-21(18,16-6-8-19-9-7-16)13-3-1-12(2-4-13)14-11-20-10-5-15-14/h1-4,14-15H,5-11H2. The molecule has 2 fully saturated rings. The smallest absolute Gasteiger partial charge is 0.243 e. The quantitative estimate of drug-likeness (QED) is 0.900. The van der Waals surface area contributed by atoms with Gasteiger partial charge >= 0.3 is 0 Å². The summed E-state index contributed by atoms with van der Waals surface area (Å²) in [5.41, 5.74) is 1.16. The van der Waals surface area contributed by atoms with Gasteiger partial charge in [-0.25, -0.2) is 8.42 Å². The predicted octanol–water partition coefficient (Wildman–Crippen LogP) is 1.08. The number of morpholine rings is 1. The van der Waals surface area contributed by atoms with E-state index in [0.29, 0.717) is 37.2 Å². The Balaban J connectivity index is 1.76. The summed E-state index contributed by atoms with van der Waals surface area (Å²) in [5, 5.41) is 3.46. The first-order chi connectivity index (χ1) is 10.2. The molecule has 21 heavy (non-hydrogen) atoms. The van der Waals surface area contributed by atoms with E-state index in [1.807, 2.05) is 23.9 Å². The summed E-state index contributed by atoms with van der Waals surface area (Å²) in [6.45, 7) is 2.82. The molecule has 1 aromatic carbocycles. The van der Waals surface area contributed by atoms with Crippen LogP contribution in [0.25, 0.3) is 0 Å². The summed E-state index contributed by atoms with van der Waals surface area (Å²) in [6.07, 6.45) is 0. The van der Waals surface area contributed by atoms with Crippen molar-refractivity contribution in [3.05, 3.63) is 29.8 Å². The van der Waals surface area contributed by atoms with Gasteiger partial charge in [0.25, 0.3) is 0 Å². The number of hydrogen-bond acceptors (Lipinski definition) is 5. The van der Waals surface area contributed by atoms with Crippen molar-refractivity contribution in [2.24, 2.45) is 0 Å². The maximum atomic E-state index is 12.5. The minimum absolute atomic E-state index is 0.323. The van der Waals surface area contributed by atoms with Crippen LogP contribution in [0.2, 0.25) is 0 Å². The van der Waals surface area contributed by atoms with E-state index in [4.69, 9.17) is 4.74 Å². The number of hydrogen-bond donors (Lipinski definition) is 1. The highest BCUT2D eigenvalue weighted by Crippen LogP contribution is 2.24. The van der Waals surface area contributed by atoms with Crippen molar-refractivity contribution in [2.75, 3.05) is 44.4 Å². The first-order valence-corrected chi connectivity index (χ1v) is 9.76. The van der Waals surface area contributed by atoms with E-state index in [1.165, 1.54) is 4.31 Å². The predicted molar refractivity (Wildman–Crippen MR) is 84.1 cm³/mol. The van der Waals surface area contributed by atoms with E-state index < -0.39 is 10.0 Å². The monoisotopic (exact) mass is 328 g/mol. The van der Waals surface area contributed by atoms with Crippen LogP contribution in [-0.2, 0) is 14.8 Å². The zero-order chi connectivity index (χ0) is 14.7. The SMILES string of the molecule is O=S(=O)(c1ccc(C2CSCCN2)cc1)N1CCOCC1. The molecular formula is C14H20N2O3S2. The van der Waals surface area contributed by atoms with Crippen LogP contribution in [0.15, 0.2) is 29.2 Å². The topological polar surface area (TPSA) is 58.6 Å². The summed E-state index contributed by atoms with van der Waals surface area (Å²) in [6, 6.07) is 7.62. The molecule has 0 aliphatic carbocycles. The molecule has 3 rings (SSSR count). The first kappa shape index (κ1) is 15.3. The number of sulfonamides is 1. The number of thioether (sulfide) groups is 1. The molecule has 5 nitrogen and oxygen atoms in total. The molecule has 7 heteroatoms. The third-order valence-corrected chi connectivity index (χ3v) is 6.79. The van der Waals surface area contributed by atoms with Gasteiger partial charge < -0.3 is 10.1 Å². The van der Waals surface area contributed by atoms with E-state index in [1.54, 1.807) is 12.1 Å². The van der Waals surface area contributed by atoms with Gasteiger partial charge in [-0.1, -0.05) is 12.1 Å². The average molecular weight is 328 g/mol. The minimum Gasteiger partial charge on any atom is -0.379 e. The van der Waals surface area contributed by atoms with Gasteiger partial charge in [0, 0.05) is 37.2 Å². The van der Waals surface area contributed by atoms with Gasteiger partial charge in [-0.2, -0.15) is 16.1 Å². The van der Waals surface area contributed by atoms with Gasteiger partial charge in [0.2, 0.25) is 10.0 Å². The van der Waals surface area contributed by atoms with E-state index in [-0.39, 0.29) is 0 Å². The maximum Gasteiger partial charge on any atom is 0.243 e. The fraction of sp³-hybridized carbons (Fsp3) is 0.571. The van der Waals surface area contributed by atoms with Crippen molar-refractivity contribution in [1.29, 1.82) is 0 Å². The molecule has 0 bridgehead atoms. The van der Waals surface area contributed by atoms with Crippen molar-refractivity contribution in [3.63, 3.8) is 0 Å². The molecule has 0 amide bonds. The molecule has 0 saturated carbocycles. The fourth-order valence-corrected chi connectivity index (χ4v) is 4.97. The number of nitrogens with one attached hydrogen (secondary N) is 1. The molecule has 1 atom stereocenters.